The fraction of sp³-hybridized carbons (Fsp3) is 0.318. The fourth-order valence-electron chi connectivity index (χ4n) is 4.37. The molecule has 2 heterocycles. The first kappa shape index (κ1) is 17.0. The predicted molar refractivity (Wildman–Crippen MR) is 107 cm³/mol. The minimum atomic E-state index is -0.0718. The first-order valence-corrected chi connectivity index (χ1v) is 9.84. The molecule has 6 heteroatoms. The molecule has 3 aromatic rings. The zero-order chi connectivity index (χ0) is 19.1. The van der Waals surface area contributed by atoms with Crippen LogP contribution in [0.4, 0.5) is 5.69 Å². The Morgan fingerprint density at radius 2 is 2.04 bits per heavy atom. The molecule has 0 radical (unpaired) electrons. The third kappa shape index (κ3) is 3.15. The van der Waals surface area contributed by atoms with Gasteiger partial charge in [-0.25, -0.2) is 4.98 Å². The lowest BCUT2D eigenvalue weighted by atomic mass is 9.85. The van der Waals surface area contributed by atoms with Gasteiger partial charge in [0.25, 0.3) is 5.91 Å². The van der Waals surface area contributed by atoms with E-state index in [0.717, 1.165) is 53.8 Å². The summed E-state index contributed by atoms with van der Waals surface area (Å²) in [6.07, 6.45) is 4.35. The molecule has 3 N–H and O–H groups in total. The standard InChI is InChI=1S/C22H22N4O2/c27-20-12-15-10-14(8-9-17(15)24-20)22(28)23-16-5-3-4-13(11-16)21-25-18-6-1-2-7-19(18)26-21/h1-2,6-10,13,16H,3-5,11-12H2,(H,23,28)(H,24,27)(H,25,26)/t13-,16+/m0/s1. The van der Waals surface area contributed by atoms with Crippen LogP contribution in [0.5, 0.6) is 0 Å². The van der Waals surface area contributed by atoms with E-state index in [-0.39, 0.29) is 17.9 Å². The van der Waals surface area contributed by atoms with Crippen LogP contribution in [-0.2, 0) is 11.2 Å². The summed E-state index contributed by atoms with van der Waals surface area (Å²) < 4.78 is 0. The zero-order valence-corrected chi connectivity index (χ0v) is 15.5. The van der Waals surface area contributed by atoms with E-state index in [1.165, 1.54) is 0 Å². The number of hydrogen-bond donors (Lipinski definition) is 3. The van der Waals surface area contributed by atoms with Crippen molar-refractivity contribution in [2.45, 2.75) is 44.1 Å². The second kappa shape index (κ2) is 6.78. The Kier molecular flexibility index (Phi) is 4.11. The van der Waals surface area contributed by atoms with E-state index in [4.69, 9.17) is 4.98 Å². The number of aromatic nitrogens is 2. The van der Waals surface area contributed by atoms with Crippen LogP contribution < -0.4 is 10.6 Å². The van der Waals surface area contributed by atoms with Gasteiger partial charge in [0.15, 0.2) is 0 Å². The van der Waals surface area contributed by atoms with Gasteiger partial charge in [0.05, 0.1) is 17.5 Å². The highest BCUT2D eigenvalue weighted by Gasteiger charge is 2.27. The number of aromatic amines is 1. The Morgan fingerprint density at radius 3 is 2.93 bits per heavy atom. The van der Waals surface area contributed by atoms with Gasteiger partial charge in [-0.1, -0.05) is 18.6 Å². The number of carbonyl (C=O) groups is 2. The Labute approximate surface area is 162 Å². The molecule has 2 aliphatic rings. The topological polar surface area (TPSA) is 86.9 Å². The highest BCUT2D eigenvalue weighted by Crippen LogP contribution is 2.32. The van der Waals surface area contributed by atoms with E-state index < -0.39 is 0 Å². The van der Waals surface area contributed by atoms with Crippen molar-refractivity contribution in [3.8, 4) is 0 Å². The molecule has 28 heavy (non-hydrogen) atoms. The Hall–Kier alpha value is -3.15. The molecule has 5 rings (SSSR count). The van der Waals surface area contributed by atoms with Crippen LogP contribution in [-0.4, -0.2) is 27.8 Å². The van der Waals surface area contributed by atoms with Crippen molar-refractivity contribution in [2.75, 3.05) is 5.32 Å². The maximum absolute atomic E-state index is 12.7. The van der Waals surface area contributed by atoms with Crippen molar-refractivity contribution >= 4 is 28.5 Å². The average molecular weight is 374 g/mol. The molecule has 1 aliphatic heterocycles. The maximum atomic E-state index is 12.7. The highest BCUT2D eigenvalue weighted by molar-refractivity contribution is 6.01. The molecule has 1 fully saturated rings. The van der Waals surface area contributed by atoms with Crippen LogP contribution in [0.15, 0.2) is 42.5 Å². The van der Waals surface area contributed by atoms with Crippen molar-refractivity contribution in [1.82, 2.24) is 15.3 Å². The quantitative estimate of drug-likeness (QED) is 0.656. The van der Waals surface area contributed by atoms with E-state index in [2.05, 4.69) is 15.6 Å². The number of amides is 2. The molecule has 6 nitrogen and oxygen atoms in total. The monoisotopic (exact) mass is 374 g/mol. The summed E-state index contributed by atoms with van der Waals surface area (Å²) in [5.41, 5.74) is 4.36. The number of carbonyl (C=O) groups excluding carboxylic acids is 2. The van der Waals surface area contributed by atoms with Crippen molar-refractivity contribution in [2.24, 2.45) is 0 Å². The Balaban J connectivity index is 1.28. The Morgan fingerprint density at radius 1 is 1.14 bits per heavy atom. The smallest absolute Gasteiger partial charge is 0.251 e. The van der Waals surface area contributed by atoms with Crippen molar-refractivity contribution in [3.05, 3.63) is 59.4 Å². The highest BCUT2D eigenvalue weighted by atomic mass is 16.2. The SMILES string of the molecule is O=C1Cc2cc(C(=O)N[C@@H]3CCC[C@H](c4nc5ccccc5[nH]4)C3)ccc2N1. The molecule has 142 valence electrons. The van der Waals surface area contributed by atoms with E-state index in [1.54, 1.807) is 6.07 Å². The second-order valence-corrected chi connectivity index (χ2v) is 7.77. The molecule has 1 aromatic heterocycles. The number of para-hydroxylation sites is 2. The second-order valence-electron chi connectivity index (χ2n) is 7.77. The lowest BCUT2D eigenvalue weighted by Gasteiger charge is -2.28. The number of hydrogen-bond acceptors (Lipinski definition) is 3. The molecule has 2 atom stereocenters. The van der Waals surface area contributed by atoms with E-state index in [1.807, 2.05) is 36.4 Å². The van der Waals surface area contributed by atoms with Crippen molar-refractivity contribution in [3.63, 3.8) is 0 Å². The molecule has 2 aromatic carbocycles. The van der Waals surface area contributed by atoms with Gasteiger partial charge >= 0.3 is 0 Å². The lowest BCUT2D eigenvalue weighted by molar-refractivity contribution is -0.115. The van der Waals surface area contributed by atoms with Gasteiger partial charge in [-0.2, -0.15) is 0 Å². The van der Waals surface area contributed by atoms with Crippen molar-refractivity contribution in [1.29, 1.82) is 0 Å². The average Bonchev–Trinajstić information content (AvgIpc) is 3.29. The maximum Gasteiger partial charge on any atom is 0.251 e. The molecule has 1 saturated carbocycles. The van der Waals surface area contributed by atoms with Gasteiger partial charge in [0, 0.05) is 23.2 Å². The third-order valence-corrected chi connectivity index (χ3v) is 5.80. The number of imidazole rings is 1. The first-order valence-electron chi connectivity index (χ1n) is 9.84. The van der Waals surface area contributed by atoms with Gasteiger partial charge in [-0.05, 0) is 55.2 Å². The third-order valence-electron chi connectivity index (χ3n) is 5.80. The summed E-state index contributed by atoms with van der Waals surface area (Å²) >= 11 is 0. The van der Waals surface area contributed by atoms with Gasteiger partial charge in [-0.3, -0.25) is 9.59 Å². The van der Waals surface area contributed by atoms with E-state index in [0.29, 0.717) is 17.9 Å². The van der Waals surface area contributed by atoms with Crippen LogP contribution in [0.1, 0.15) is 53.3 Å². The summed E-state index contributed by atoms with van der Waals surface area (Å²) in [4.78, 5) is 32.4. The molecule has 2 amide bonds. The first-order chi connectivity index (χ1) is 13.7. The van der Waals surface area contributed by atoms with Gasteiger partial charge in [-0.15, -0.1) is 0 Å². The number of anilines is 1. The molecule has 0 bridgehead atoms. The van der Waals surface area contributed by atoms with Crippen LogP contribution in [0.3, 0.4) is 0 Å². The molecular weight excluding hydrogens is 352 g/mol. The summed E-state index contributed by atoms with van der Waals surface area (Å²) in [5.74, 6) is 1.25. The summed E-state index contributed by atoms with van der Waals surface area (Å²) in [6.45, 7) is 0. The van der Waals surface area contributed by atoms with Crippen LogP contribution in [0, 0.1) is 0 Å². The number of rotatable bonds is 3. The van der Waals surface area contributed by atoms with Crippen LogP contribution in [0.2, 0.25) is 0 Å². The molecule has 1 aliphatic carbocycles. The van der Waals surface area contributed by atoms with Gasteiger partial charge in [0.2, 0.25) is 5.91 Å². The van der Waals surface area contributed by atoms with Crippen LogP contribution >= 0.6 is 0 Å². The molecule has 0 unspecified atom stereocenters. The number of nitrogens with zero attached hydrogens (tertiary/aromatic N) is 1. The van der Waals surface area contributed by atoms with Gasteiger partial charge in [0.1, 0.15) is 5.82 Å². The number of benzene rings is 2. The minimum Gasteiger partial charge on any atom is -0.349 e. The minimum absolute atomic E-state index is 0.0199. The molecule has 0 spiro atoms. The number of fused-ring (bicyclic) bond motifs is 2. The normalized spacial score (nSPS) is 21.4. The van der Waals surface area contributed by atoms with Crippen molar-refractivity contribution < 1.29 is 9.59 Å². The predicted octanol–water partition coefficient (Wildman–Crippen LogP) is 3.51. The molecular formula is C22H22N4O2. The number of H-pyrrole nitrogens is 1. The summed E-state index contributed by atoms with van der Waals surface area (Å²) in [5, 5.41) is 5.98. The molecule has 0 saturated heterocycles. The van der Waals surface area contributed by atoms with Crippen LogP contribution in [0.25, 0.3) is 11.0 Å². The lowest BCUT2D eigenvalue weighted by Crippen LogP contribution is -2.38. The van der Waals surface area contributed by atoms with Gasteiger partial charge < -0.3 is 15.6 Å². The van der Waals surface area contributed by atoms with E-state index in [9.17, 15) is 9.59 Å². The Bertz CT molecular complexity index is 1040. The van der Waals surface area contributed by atoms with E-state index >= 15 is 0 Å². The summed E-state index contributed by atoms with van der Waals surface area (Å²) in [6, 6.07) is 13.6. The largest absolute Gasteiger partial charge is 0.349 e. The fourth-order valence-corrected chi connectivity index (χ4v) is 4.37. The summed E-state index contributed by atoms with van der Waals surface area (Å²) in [7, 11) is 0. The zero-order valence-electron chi connectivity index (χ0n) is 15.5. The number of nitrogens with one attached hydrogen (secondary N) is 3.